The fraction of sp³-hybridized carbons (Fsp3) is 0.167. The Hall–Kier alpha value is -2.09. The zero-order valence-corrected chi connectivity index (χ0v) is 16.2. The molecule has 1 aliphatic heterocycles. The molecule has 0 saturated carbocycles. The second-order valence-electron chi connectivity index (χ2n) is 5.62. The molecule has 0 aliphatic carbocycles. The van der Waals surface area contributed by atoms with Gasteiger partial charge in [-0.05, 0) is 53.9 Å². The van der Waals surface area contributed by atoms with Crippen LogP contribution in [0.15, 0.2) is 46.7 Å². The van der Waals surface area contributed by atoms with Crippen molar-refractivity contribution >= 4 is 57.8 Å². The number of hydrogen-bond donors (Lipinski definition) is 1. The summed E-state index contributed by atoms with van der Waals surface area (Å²) in [5, 5.41) is 4.86. The molecule has 1 aliphatic rings. The van der Waals surface area contributed by atoms with Crippen molar-refractivity contribution < 1.29 is 14.4 Å². The standard InChI is InChI=1S/C18H15ClN2O3S2/c1-11(12-4-6-13(19)7-5-12)20-16(22)10-21-17(23)15(26-18(21)24)9-14-3-2-8-25-14/h2-9,11H,10H2,1H3,(H,20,22)/b15-9+. The Morgan fingerprint density at radius 1 is 1.27 bits per heavy atom. The van der Waals surface area contributed by atoms with Gasteiger partial charge in [0, 0.05) is 9.90 Å². The molecule has 8 heteroatoms. The van der Waals surface area contributed by atoms with Crippen LogP contribution in [0.2, 0.25) is 5.02 Å². The number of benzene rings is 1. The van der Waals surface area contributed by atoms with Crippen molar-refractivity contribution in [3.8, 4) is 0 Å². The van der Waals surface area contributed by atoms with E-state index < -0.39 is 17.1 Å². The van der Waals surface area contributed by atoms with Crippen LogP contribution in [-0.4, -0.2) is 28.5 Å². The fourth-order valence-corrected chi connectivity index (χ4v) is 4.09. The molecule has 0 spiro atoms. The molecule has 0 bridgehead atoms. The van der Waals surface area contributed by atoms with Gasteiger partial charge in [0.25, 0.3) is 11.1 Å². The van der Waals surface area contributed by atoms with E-state index in [4.69, 9.17) is 11.6 Å². The zero-order valence-electron chi connectivity index (χ0n) is 13.8. The Bertz CT molecular complexity index is 863. The van der Waals surface area contributed by atoms with Gasteiger partial charge in [0.2, 0.25) is 5.91 Å². The highest BCUT2D eigenvalue weighted by Crippen LogP contribution is 2.32. The molecule has 1 saturated heterocycles. The van der Waals surface area contributed by atoms with Gasteiger partial charge in [0.1, 0.15) is 6.54 Å². The fourth-order valence-electron chi connectivity index (χ4n) is 2.40. The van der Waals surface area contributed by atoms with Crippen LogP contribution < -0.4 is 5.32 Å². The van der Waals surface area contributed by atoms with E-state index in [1.807, 2.05) is 36.6 Å². The van der Waals surface area contributed by atoms with Gasteiger partial charge in [-0.3, -0.25) is 19.3 Å². The molecular formula is C18H15ClN2O3S2. The number of imide groups is 1. The van der Waals surface area contributed by atoms with E-state index in [0.29, 0.717) is 9.93 Å². The lowest BCUT2D eigenvalue weighted by atomic mass is 10.1. The minimum atomic E-state index is -0.442. The number of carbonyl (C=O) groups is 3. The van der Waals surface area contributed by atoms with Crippen molar-refractivity contribution in [1.29, 1.82) is 0 Å². The first-order valence-electron chi connectivity index (χ1n) is 7.78. The van der Waals surface area contributed by atoms with Crippen molar-refractivity contribution in [2.24, 2.45) is 0 Å². The van der Waals surface area contributed by atoms with Crippen LogP contribution >= 0.6 is 34.7 Å². The molecule has 1 N–H and O–H groups in total. The third-order valence-corrected chi connectivity index (χ3v) is 5.72. The summed E-state index contributed by atoms with van der Waals surface area (Å²) < 4.78 is 0. The highest BCUT2D eigenvalue weighted by Gasteiger charge is 2.36. The molecule has 134 valence electrons. The maximum Gasteiger partial charge on any atom is 0.294 e. The predicted octanol–water partition coefficient (Wildman–Crippen LogP) is 4.32. The topological polar surface area (TPSA) is 66.5 Å². The van der Waals surface area contributed by atoms with Crippen molar-refractivity contribution in [3.05, 3.63) is 62.1 Å². The summed E-state index contributed by atoms with van der Waals surface area (Å²) in [6.07, 6.45) is 1.67. The summed E-state index contributed by atoms with van der Waals surface area (Å²) in [6.45, 7) is 1.52. The van der Waals surface area contributed by atoms with Crippen molar-refractivity contribution in [1.82, 2.24) is 10.2 Å². The molecule has 1 aromatic carbocycles. The maximum atomic E-state index is 12.4. The van der Waals surface area contributed by atoms with Crippen LogP contribution in [0.1, 0.15) is 23.4 Å². The minimum Gasteiger partial charge on any atom is -0.348 e. The molecule has 2 heterocycles. The average molecular weight is 407 g/mol. The molecule has 2 aromatic rings. The largest absolute Gasteiger partial charge is 0.348 e. The van der Waals surface area contributed by atoms with Crippen molar-refractivity contribution in [2.75, 3.05) is 6.54 Å². The second-order valence-corrected chi connectivity index (χ2v) is 8.03. The smallest absolute Gasteiger partial charge is 0.294 e. The number of rotatable bonds is 5. The summed E-state index contributed by atoms with van der Waals surface area (Å²) in [5.41, 5.74) is 0.884. The molecule has 26 heavy (non-hydrogen) atoms. The van der Waals surface area contributed by atoms with Gasteiger partial charge in [-0.2, -0.15) is 0 Å². The Kier molecular flexibility index (Phi) is 5.80. The van der Waals surface area contributed by atoms with E-state index in [1.54, 1.807) is 18.2 Å². The van der Waals surface area contributed by atoms with E-state index in [0.717, 1.165) is 27.1 Å². The lowest BCUT2D eigenvalue weighted by Gasteiger charge is -2.17. The van der Waals surface area contributed by atoms with E-state index >= 15 is 0 Å². The summed E-state index contributed by atoms with van der Waals surface area (Å²) in [7, 11) is 0. The summed E-state index contributed by atoms with van der Waals surface area (Å²) in [4.78, 5) is 38.9. The van der Waals surface area contributed by atoms with Crippen molar-refractivity contribution in [3.63, 3.8) is 0 Å². The first-order chi connectivity index (χ1) is 12.4. The maximum absolute atomic E-state index is 12.4. The van der Waals surface area contributed by atoms with Gasteiger partial charge in [-0.1, -0.05) is 29.8 Å². The number of thioether (sulfide) groups is 1. The molecule has 3 rings (SSSR count). The van der Waals surface area contributed by atoms with E-state index in [2.05, 4.69) is 5.32 Å². The Balaban J connectivity index is 1.62. The highest BCUT2D eigenvalue weighted by molar-refractivity contribution is 8.18. The zero-order chi connectivity index (χ0) is 18.7. The van der Waals surface area contributed by atoms with E-state index in [9.17, 15) is 14.4 Å². The lowest BCUT2D eigenvalue weighted by molar-refractivity contribution is -0.129. The first-order valence-corrected chi connectivity index (χ1v) is 9.85. The quantitative estimate of drug-likeness (QED) is 0.751. The van der Waals surface area contributed by atoms with Crippen LogP contribution in [0.5, 0.6) is 0 Å². The molecule has 5 nitrogen and oxygen atoms in total. The molecule has 0 radical (unpaired) electrons. The Morgan fingerprint density at radius 2 is 2.00 bits per heavy atom. The number of nitrogens with zero attached hydrogens (tertiary/aromatic N) is 1. The Labute approximate surface area is 164 Å². The molecular weight excluding hydrogens is 392 g/mol. The van der Waals surface area contributed by atoms with Gasteiger partial charge in [-0.15, -0.1) is 11.3 Å². The third-order valence-electron chi connectivity index (χ3n) is 3.74. The summed E-state index contributed by atoms with van der Waals surface area (Å²) in [6, 6.07) is 10.6. The summed E-state index contributed by atoms with van der Waals surface area (Å²) >= 11 is 8.18. The number of nitrogens with one attached hydrogen (secondary N) is 1. The summed E-state index contributed by atoms with van der Waals surface area (Å²) in [5.74, 6) is -0.838. The predicted molar refractivity (Wildman–Crippen MR) is 105 cm³/mol. The lowest BCUT2D eigenvalue weighted by Crippen LogP contribution is -2.40. The average Bonchev–Trinajstić information content (AvgIpc) is 3.20. The van der Waals surface area contributed by atoms with Gasteiger partial charge in [-0.25, -0.2) is 0 Å². The number of halogens is 1. The number of amides is 3. The third kappa shape index (κ3) is 4.35. The van der Waals surface area contributed by atoms with Crippen LogP contribution in [0.4, 0.5) is 4.79 Å². The van der Waals surface area contributed by atoms with Gasteiger partial charge < -0.3 is 5.32 Å². The molecule has 1 unspecified atom stereocenters. The molecule has 1 fully saturated rings. The van der Waals surface area contributed by atoms with Gasteiger partial charge in [0.15, 0.2) is 0 Å². The normalized spacial score (nSPS) is 17.0. The first kappa shape index (κ1) is 18.7. The number of hydrogen-bond acceptors (Lipinski definition) is 5. The van der Waals surface area contributed by atoms with E-state index in [-0.39, 0.29) is 12.6 Å². The Morgan fingerprint density at radius 3 is 2.65 bits per heavy atom. The SMILES string of the molecule is CC(NC(=O)CN1C(=O)S/C(=C/c2cccs2)C1=O)c1ccc(Cl)cc1. The second kappa shape index (κ2) is 8.07. The number of carbonyl (C=O) groups excluding carboxylic acids is 3. The van der Waals surface area contributed by atoms with Crippen LogP contribution in [0, 0.1) is 0 Å². The number of thiophene rings is 1. The van der Waals surface area contributed by atoms with Gasteiger partial charge >= 0.3 is 0 Å². The molecule has 1 aromatic heterocycles. The molecule has 1 atom stereocenters. The minimum absolute atomic E-state index is 0.263. The van der Waals surface area contributed by atoms with Crippen LogP contribution in [0.25, 0.3) is 6.08 Å². The molecule has 3 amide bonds. The monoisotopic (exact) mass is 406 g/mol. The highest BCUT2D eigenvalue weighted by atomic mass is 35.5. The van der Waals surface area contributed by atoms with Crippen LogP contribution in [-0.2, 0) is 9.59 Å². The van der Waals surface area contributed by atoms with Crippen molar-refractivity contribution in [2.45, 2.75) is 13.0 Å². The van der Waals surface area contributed by atoms with E-state index in [1.165, 1.54) is 11.3 Å². The van der Waals surface area contributed by atoms with Gasteiger partial charge in [0.05, 0.1) is 10.9 Å². The van der Waals surface area contributed by atoms with Crippen LogP contribution in [0.3, 0.4) is 0 Å².